The monoisotopic (exact) mass is 244 g/mol. The zero-order valence-electron chi connectivity index (χ0n) is 10.1. The smallest absolute Gasteiger partial charge is 0.241 e. The lowest BCUT2D eigenvalue weighted by atomic mass is 10.0. The lowest BCUT2D eigenvalue weighted by molar-refractivity contribution is -0.122. The number of benzene rings is 1. The molecule has 1 aromatic carbocycles. The highest BCUT2D eigenvalue weighted by atomic mass is 16.2. The highest BCUT2D eigenvalue weighted by molar-refractivity contribution is 5.81. The average Bonchev–Trinajstić information content (AvgIpc) is 2.71. The molecule has 2 aromatic rings. The van der Waals surface area contributed by atoms with E-state index in [0.717, 1.165) is 30.5 Å². The molecular formula is C13H16N4O. The SMILES string of the molecule is O=C(Cn1ncc2ccccc21)NCC1CNC1. The molecule has 18 heavy (non-hydrogen) atoms. The zero-order valence-corrected chi connectivity index (χ0v) is 10.1. The van der Waals surface area contributed by atoms with Crippen LogP contribution < -0.4 is 10.6 Å². The number of hydrogen-bond donors (Lipinski definition) is 2. The van der Waals surface area contributed by atoms with Crippen molar-refractivity contribution in [3.05, 3.63) is 30.5 Å². The van der Waals surface area contributed by atoms with Gasteiger partial charge in [-0.2, -0.15) is 5.10 Å². The molecule has 0 unspecified atom stereocenters. The van der Waals surface area contributed by atoms with E-state index in [1.165, 1.54) is 0 Å². The summed E-state index contributed by atoms with van der Waals surface area (Å²) in [5.74, 6) is 0.610. The summed E-state index contributed by atoms with van der Waals surface area (Å²) in [7, 11) is 0. The first kappa shape index (κ1) is 11.2. The number of rotatable bonds is 4. The van der Waals surface area contributed by atoms with E-state index in [2.05, 4.69) is 15.7 Å². The van der Waals surface area contributed by atoms with Crippen molar-refractivity contribution >= 4 is 16.8 Å². The van der Waals surface area contributed by atoms with Crippen LogP contribution in [0.25, 0.3) is 10.9 Å². The van der Waals surface area contributed by atoms with E-state index in [0.29, 0.717) is 5.92 Å². The van der Waals surface area contributed by atoms with Crippen LogP contribution in [-0.4, -0.2) is 35.3 Å². The van der Waals surface area contributed by atoms with Crippen LogP contribution in [0.4, 0.5) is 0 Å². The highest BCUT2D eigenvalue weighted by Crippen LogP contribution is 2.12. The van der Waals surface area contributed by atoms with Gasteiger partial charge < -0.3 is 10.6 Å². The second kappa shape index (κ2) is 4.78. The summed E-state index contributed by atoms with van der Waals surface area (Å²) in [4.78, 5) is 11.8. The molecule has 0 aliphatic carbocycles. The molecule has 1 saturated heterocycles. The van der Waals surface area contributed by atoms with Crippen molar-refractivity contribution in [1.29, 1.82) is 0 Å². The quantitative estimate of drug-likeness (QED) is 0.817. The van der Waals surface area contributed by atoms with E-state index in [9.17, 15) is 4.79 Å². The predicted molar refractivity (Wildman–Crippen MR) is 69.1 cm³/mol. The van der Waals surface area contributed by atoms with Crippen molar-refractivity contribution in [2.75, 3.05) is 19.6 Å². The van der Waals surface area contributed by atoms with Gasteiger partial charge in [0.15, 0.2) is 0 Å². The fourth-order valence-corrected chi connectivity index (χ4v) is 2.09. The molecule has 1 aliphatic heterocycles. The van der Waals surface area contributed by atoms with E-state index >= 15 is 0 Å². The Morgan fingerprint density at radius 1 is 1.44 bits per heavy atom. The molecule has 1 amide bonds. The first-order valence-electron chi connectivity index (χ1n) is 6.21. The third kappa shape index (κ3) is 2.22. The third-order valence-electron chi connectivity index (χ3n) is 3.30. The van der Waals surface area contributed by atoms with Crippen LogP contribution >= 0.6 is 0 Å². The zero-order chi connectivity index (χ0) is 12.4. The van der Waals surface area contributed by atoms with Gasteiger partial charge in [0.2, 0.25) is 5.91 Å². The molecule has 2 heterocycles. The summed E-state index contributed by atoms with van der Waals surface area (Å²) in [6, 6.07) is 7.90. The second-order valence-corrected chi connectivity index (χ2v) is 4.69. The summed E-state index contributed by atoms with van der Waals surface area (Å²) in [5.41, 5.74) is 0.998. The highest BCUT2D eigenvalue weighted by Gasteiger charge is 2.17. The van der Waals surface area contributed by atoms with Crippen LogP contribution in [-0.2, 0) is 11.3 Å². The minimum absolute atomic E-state index is 0.0238. The molecular weight excluding hydrogens is 228 g/mol. The maximum absolute atomic E-state index is 11.8. The molecule has 0 bridgehead atoms. The molecule has 1 aromatic heterocycles. The van der Waals surface area contributed by atoms with Gasteiger partial charge >= 0.3 is 0 Å². The number of carbonyl (C=O) groups is 1. The normalized spacial score (nSPS) is 15.6. The standard InChI is InChI=1S/C13H16N4O/c18-13(15-7-10-5-14-6-10)9-17-12-4-2-1-3-11(12)8-16-17/h1-4,8,10,14H,5-7,9H2,(H,15,18). The molecule has 0 saturated carbocycles. The summed E-state index contributed by atoms with van der Waals surface area (Å²) in [5, 5.41) is 11.4. The lowest BCUT2D eigenvalue weighted by Crippen LogP contribution is -2.48. The fourth-order valence-electron chi connectivity index (χ4n) is 2.09. The minimum Gasteiger partial charge on any atom is -0.354 e. The van der Waals surface area contributed by atoms with Crippen LogP contribution in [0.15, 0.2) is 30.5 Å². The average molecular weight is 244 g/mol. The Morgan fingerprint density at radius 2 is 2.28 bits per heavy atom. The number of carbonyl (C=O) groups excluding carboxylic acids is 1. The summed E-state index contributed by atoms with van der Waals surface area (Å²) >= 11 is 0. The molecule has 3 rings (SSSR count). The Labute approximate surface area is 105 Å². The van der Waals surface area contributed by atoms with Gasteiger partial charge in [0.05, 0.1) is 11.7 Å². The Balaban J connectivity index is 1.62. The van der Waals surface area contributed by atoms with Crippen LogP contribution in [0, 0.1) is 5.92 Å². The number of nitrogens with zero attached hydrogens (tertiary/aromatic N) is 2. The number of amides is 1. The largest absolute Gasteiger partial charge is 0.354 e. The number of fused-ring (bicyclic) bond motifs is 1. The van der Waals surface area contributed by atoms with Gasteiger partial charge in [-0.15, -0.1) is 0 Å². The van der Waals surface area contributed by atoms with Crippen molar-refractivity contribution in [3.63, 3.8) is 0 Å². The van der Waals surface area contributed by atoms with E-state index in [1.54, 1.807) is 10.9 Å². The first-order valence-corrected chi connectivity index (χ1v) is 6.21. The third-order valence-corrected chi connectivity index (χ3v) is 3.30. The molecule has 1 aliphatic rings. The number of aromatic nitrogens is 2. The number of para-hydroxylation sites is 1. The molecule has 0 atom stereocenters. The van der Waals surface area contributed by atoms with Crippen molar-refractivity contribution in [2.45, 2.75) is 6.54 Å². The molecule has 1 fully saturated rings. The van der Waals surface area contributed by atoms with E-state index < -0.39 is 0 Å². The van der Waals surface area contributed by atoms with E-state index in [-0.39, 0.29) is 12.5 Å². The number of hydrogen-bond acceptors (Lipinski definition) is 3. The second-order valence-electron chi connectivity index (χ2n) is 4.69. The summed E-state index contributed by atoms with van der Waals surface area (Å²) in [6.45, 7) is 3.05. The van der Waals surface area contributed by atoms with Gasteiger partial charge in [-0.3, -0.25) is 9.48 Å². The fraction of sp³-hybridized carbons (Fsp3) is 0.385. The maximum Gasteiger partial charge on any atom is 0.241 e. The Bertz CT molecular complexity index is 559. The van der Waals surface area contributed by atoms with Crippen LogP contribution in [0.3, 0.4) is 0 Å². The molecule has 94 valence electrons. The van der Waals surface area contributed by atoms with Gasteiger partial charge in [0.1, 0.15) is 6.54 Å². The lowest BCUT2D eigenvalue weighted by Gasteiger charge is -2.27. The van der Waals surface area contributed by atoms with Crippen molar-refractivity contribution < 1.29 is 4.79 Å². The van der Waals surface area contributed by atoms with Gasteiger partial charge in [-0.1, -0.05) is 18.2 Å². The Morgan fingerprint density at radius 3 is 3.06 bits per heavy atom. The van der Waals surface area contributed by atoms with Gasteiger partial charge in [-0.05, 0) is 6.07 Å². The Hall–Kier alpha value is -1.88. The Kier molecular flexibility index (Phi) is 2.98. The van der Waals surface area contributed by atoms with Gasteiger partial charge in [0, 0.05) is 30.9 Å². The molecule has 2 N–H and O–H groups in total. The summed E-state index contributed by atoms with van der Waals surface area (Å²) in [6.07, 6.45) is 1.79. The van der Waals surface area contributed by atoms with Crippen LogP contribution in [0.2, 0.25) is 0 Å². The van der Waals surface area contributed by atoms with Crippen molar-refractivity contribution in [2.24, 2.45) is 5.92 Å². The van der Waals surface area contributed by atoms with E-state index in [4.69, 9.17) is 0 Å². The van der Waals surface area contributed by atoms with Gasteiger partial charge in [-0.25, -0.2) is 0 Å². The maximum atomic E-state index is 11.8. The first-order chi connectivity index (χ1) is 8.83. The topological polar surface area (TPSA) is 59.0 Å². The van der Waals surface area contributed by atoms with Crippen molar-refractivity contribution in [1.82, 2.24) is 20.4 Å². The molecule has 0 spiro atoms. The molecule has 5 nitrogen and oxygen atoms in total. The molecule has 0 radical (unpaired) electrons. The minimum atomic E-state index is 0.0238. The van der Waals surface area contributed by atoms with Crippen LogP contribution in [0.5, 0.6) is 0 Å². The van der Waals surface area contributed by atoms with Crippen molar-refractivity contribution in [3.8, 4) is 0 Å². The summed E-state index contributed by atoms with van der Waals surface area (Å²) < 4.78 is 1.74. The predicted octanol–water partition coefficient (Wildman–Crippen LogP) is 0.372. The number of nitrogens with one attached hydrogen (secondary N) is 2. The van der Waals surface area contributed by atoms with Gasteiger partial charge in [0.25, 0.3) is 0 Å². The van der Waals surface area contributed by atoms with E-state index in [1.807, 2.05) is 24.3 Å². The molecule has 5 heteroatoms. The van der Waals surface area contributed by atoms with Crippen LogP contribution in [0.1, 0.15) is 0 Å².